The van der Waals surface area contributed by atoms with E-state index in [0.29, 0.717) is 12.3 Å². The third kappa shape index (κ3) is 4.67. The quantitative estimate of drug-likeness (QED) is 0.796. The van der Waals surface area contributed by atoms with Gasteiger partial charge in [0.25, 0.3) is 0 Å². The van der Waals surface area contributed by atoms with Gasteiger partial charge in [-0.3, -0.25) is 9.78 Å². The summed E-state index contributed by atoms with van der Waals surface area (Å²) in [7, 11) is 0. The summed E-state index contributed by atoms with van der Waals surface area (Å²) in [6.45, 7) is 4.67. The fourth-order valence-corrected chi connectivity index (χ4v) is 2.18. The minimum Gasteiger partial charge on any atom is -0.425 e. The molecule has 22 heavy (non-hydrogen) atoms. The second kappa shape index (κ2) is 8.29. The zero-order valence-electron chi connectivity index (χ0n) is 13.0. The van der Waals surface area contributed by atoms with Crippen molar-refractivity contribution in [3.05, 3.63) is 60.4 Å². The number of nitrogens with zero attached hydrogens (tertiary/aromatic N) is 1. The fraction of sp³-hybridized carbons (Fsp3) is 0.333. The second-order valence-corrected chi connectivity index (χ2v) is 5.26. The molecule has 0 bridgehead atoms. The number of aromatic nitrogens is 1. The Kier molecular flexibility index (Phi) is 6.10. The molecule has 0 aliphatic carbocycles. The molecule has 0 saturated carbocycles. The number of pyridine rings is 1. The van der Waals surface area contributed by atoms with Crippen molar-refractivity contribution in [2.75, 3.05) is 6.54 Å². The topological polar surface area (TPSA) is 51.2 Å². The lowest BCUT2D eigenvalue weighted by molar-refractivity contribution is -0.138. The van der Waals surface area contributed by atoms with Crippen molar-refractivity contribution < 1.29 is 9.53 Å². The molecule has 0 spiro atoms. The second-order valence-electron chi connectivity index (χ2n) is 5.26. The van der Waals surface area contributed by atoms with E-state index in [2.05, 4.69) is 29.4 Å². The van der Waals surface area contributed by atoms with Crippen LogP contribution in [0.15, 0.2) is 54.9 Å². The molecule has 1 N–H and O–H groups in total. The maximum Gasteiger partial charge on any atom is 0.315 e. The smallest absolute Gasteiger partial charge is 0.315 e. The number of carbonyl (C=O) groups excluding carboxylic acids is 1. The van der Waals surface area contributed by atoms with E-state index in [1.165, 1.54) is 5.56 Å². The van der Waals surface area contributed by atoms with E-state index in [9.17, 15) is 4.79 Å². The van der Waals surface area contributed by atoms with Gasteiger partial charge in [0.05, 0.1) is 12.1 Å². The highest BCUT2D eigenvalue weighted by atomic mass is 16.5. The summed E-state index contributed by atoms with van der Waals surface area (Å²) in [6.07, 6.45) is 3.93. The van der Waals surface area contributed by atoms with Gasteiger partial charge >= 0.3 is 5.97 Å². The van der Waals surface area contributed by atoms with Crippen molar-refractivity contribution in [3.63, 3.8) is 0 Å². The van der Waals surface area contributed by atoms with Crippen molar-refractivity contribution in [1.82, 2.24) is 10.3 Å². The van der Waals surface area contributed by atoms with Crippen LogP contribution in [0.5, 0.6) is 5.75 Å². The zero-order valence-corrected chi connectivity index (χ0v) is 13.0. The molecule has 2 atom stereocenters. The zero-order chi connectivity index (χ0) is 15.8. The lowest BCUT2D eigenvalue weighted by Gasteiger charge is -2.19. The van der Waals surface area contributed by atoms with Crippen molar-refractivity contribution in [2.45, 2.75) is 26.3 Å². The van der Waals surface area contributed by atoms with E-state index in [-0.39, 0.29) is 17.9 Å². The minimum atomic E-state index is -0.219. The largest absolute Gasteiger partial charge is 0.425 e. The Labute approximate surface area is 131 Å². The molecule has 4 heteroatoms. The maximum atomic E-state index is 12.2. The average Bonchev–Trinajstić information content (AvgIpc) is 2.57. The van der Waals surface area contributed by atoms with Crippen LogP contribution in [-0.2, 0) is 4.79 Å². The van der Waals surface area contributed by atoms with Gasteiger partial charge in [0.15, 0.2) is 0 Å². The molecule has 2 rings (SSSR count). The molecule has 0 unspecified atom stereocenters. The van der Waals surface area contributed by atoms with E-state index >= 15 is 0 Å². The molecule has 116 valence electrons. The van der Waals surface area contributed by atoms with Crippen molar-refractivity contribution >= 4 is 5.97 Å². The van der Waals surface area contributed by atoms with Gasteiger partial charge in [0, 0.05) is 18.8 Å². The summed E-state index contributed by atoms with van der Waals surface area (Å²) >= 11 is 0. The van der Waals surface area contributed by atoms with Gasteiger partial charge in [0.1, 0.15) is 5.75 Å². The van der Waals surface area contributed by atoms with Gasteiger partial charge in [-0.2, -0.15) is 0 Å². The van der Waals surface area contributed by atoms with Crippen LogP contribution < -0.4 is 10.1 Å². The number of benzene rings is 1. The van der Waals surface area contributed by atoms with Crippen LogP contribution in [0.1, 0.15) is 31.9 Å². The van der Waals surface area contributed by atoms with Crippen LogP contribution >= 0.6 is 0 Å². The van der Waals surface area contributed by atoms with Crippen molar-refractivity contribution in [1.29, 1.82) is 0 Å². The number of carbonyl (C=O) groups is 1. The standard InChI is InChI=1S/C18H22N2O2/c1-3-15(18(21)22-17-10-7-11-19-13-17)12-20-14(2)16-8-5-4-6-9-16/h4-11,13-15,20H,3,12H2,1-2H3/t14-,15+/m1/s1. The first kappa shape index (κ1) is 16.2. The first-order chi connectivity index (χ1) is 10.7. The number of hydrogen-bond acceptors (Lipinski definition) is 4. The van der Waals surface area contributed by atoms with Gasteiger partial charge in [-0.05, 0) is 31.0 Å². The van der Waals surface area contributed by atoms with E-state index in [4.69, 9.17) is 4.74 Å². The highest BCUT2D eigenvalue weighted by Crippen LogP contribution is 2.14. The first-order valence-electron chi connectivity index (χ1n) is 7.60. The summed E-state index contributed by atoms with van der Waals surface area (Å²) in [4.78, 5) is 16.1. The van der Waals surface area contributed by atoms with Crippen molar-refractivity contribution in [2.24, 2.45) is 5.92 Å². The molecule has 2 aromatic rings. The van der Waals surface area contributed by atoms with Crippen LogP contribution in [0.25, 0.3) is 0 Å². The monoisotopic (exact) mass is 298 g/mol. The van der Waals surface area contributed by atoms with Gasteiger partial charge in [-0.25, -0.2) is 0 Å². The van der Waals surface area contributed by atoms with Crippen LogP contribution in [0.2, 0.25) is 0 Å². The molecule has 1 heterocycles. The van der Waals surface area contributed by atoms with Gasteiger partial charge < -0.3 is 10.1 Å². The van der Waals surface area contributed by atoms with E-state index < -0.39 is 0 Å². The fourth-order valence-electron chi connectivity index (χ4n) is 2.18. The van der Waals surface area contributed by atoms with Gasteiger partial charge in [0.2, 0.25) is 0 Å². The molecular formula is C18H22N2O2. The Bertz CT molecular complexity index is 572. The number of rotatable bonds is 7. The van der Waals surface area contributed by atoms with Crippen LogP contribution in [0, 0.1) is 5.92 Å². The van der Waals surface area contributed by atoms with Crippen molar-refractivity contribution in [3.8, 4) is 5.75 Å². The van der Waals surface area contributed by atoms with E-state index in [0.717, 1.165) is 6.42 Å². The Morgan fingerprint density at radius 3 is 2.64 bits per heavy atom. The van der Waals surface area contributed by atoms with Crippen LogP contribution in [-0.4, -0.2) is 17.5 Å². The molecule has 4 nitrogen and oxygen atoms in total. The normalized spacial score (nSPS) is 13.4. The predicted molar refractivity (Wildman–Crippen MR) is 86.5 cm³/mol. The maximum absolute atomic E-state index is 12.2. The molecule has 0 aliphatic rings. The molecule has 1 aromatic carbocycles. The molecular weight excluding hydrogens is 276 g/mol. The van der Waals surface area contributed by atoms with E-state index in [1.54, 1.807) is 24.5 Å². The molecule has 0 saturated heterocycles. The highest BCUT2D eigenvalue weighted by molar-refractivity contribution is 5.75. The summed E-state index contributed by atoms with van der Waals surface area (Å²) in [5, 5.41) is 3.40. The molecule has 1 aromatic heterocycles. The van der Waals surface area contributed by atoms with E-state index in [1.807, 2.05) is 25.1 Å². The average molecular weight is 298 g/mol. The van der Waals surface area contributed by atoms with Gasteiger partial charge in [-0.1, -0.05) is 37.3 Å². The third-order valence-corrected chi connectivity index (χ3v) is 3.65. The Morgan fingerprint density at radius 2 is 2.00 bits per heavy atom. The highest BCUT2D eigenvalue weighted by Gasteiger charge is 2.19. The van der Waals surface area contributed by atoms with Crippen LogP contribution in [0.4, 0.5) is 0 Å². The SMILES string of the molecule is CC[C@@H](CN[C@H](C)c1ccccc1)C(=O)Oc1cccnc1. The molecule has 0 fully saturated rings. The summed E-state index contributed by atoms with van der Waals surface area (Å²) < 4.78 is 5.36. The van der Waals surface area contributed by atoms with Crippen LogP contribution in [0.3, 0.4) is 0 Å². The predicted octanol–water partition coefficient (Wildman–Crippen LogP) is 3.36. The lowest BCUT2D eigenvalue weighted by Crippen LogP contribution is -2.32. The number of ether oxygens (including phenoxy) is 1. The lowest BCUT2D eigenvalue weighted by atomic mass is 10.0. The Hall–Kier alpha value is -2.20. The first-order valence-corrected chi connectivity index (χ1v) is 7.60. The summed E-state index contributed by atoms with van der Waals surface area (Å²) in [5.41, 5.74) is 1.21. The Morgan fingerprint density at radius 1 is 1.23 bits per heavy atom. The number of esters is 1. The molecule has 0 aliphatic heterocycles. The number of hydrogen-bond donors (Lipinski definition) is 1. The Balaban J connectivity index is 1.87. The minimum absolute atomic E-state index is 0.175. The molecule has 0 radical (unpaired) electrons. The summed E-state index contributed by atoms with van der Waals surface area (Å²) in [5.74, 6) is 0.0942. The third-order valence-electron chi connectivity index (χ3n) is 3.65. The summed E-state index contributed by atoms with van der Waals surface area (Å²) in [6, 6.07) is 13.9. The molecule has 0 amide bonds. The number of nitrogens with one attached hydrogen (secondary N) is 1. The van der Waals surface area contributed by atoms with Gasteiger partial charge in [-0.15, -0.1) is 0 Å².